The van der Waals surface area contributed by atoms with Gasteiger partial charge in [0.2, 0.25) is 0 Å². The molecule has 0 saturated carbocycles. The molecular formula is C9H20O2. The maximum Gasteiger partial charge on any atom is 0.0826 e. The number of aliphatic hydroxyl groups is 2. The van der Waals surface area contributed by atoms with Gasteiger partial charge in [-0.3, -0.25) is 0 Å². The van der Waals surface area contributed by atoms with E-state index in [2.05, 4.69) is 20.8 Å². The second-order valence-corrected chi connectivity index (χ2v) is 4.67. The monoisotopic (exact) mass is 160 g/mol. The maximum atomic E-state index is 9.47. The fraction of sp³-hybridized carbons (Fsp3) is 1.00. The molecule has 0 saturated heterocycles. The van der Waals surface area contributed by atoms with Gasteiger partial charge in [0, 0.05) is 0 Å². The molecule has 0 aromatic carbocycles. The Morgan fingerprint density at radius 2 is 1.45 bits per heavy atom. The van der Waals surface area contributed by atoms with Crippen molar-refractivity contribution in [2.75, 3.05) is 6.61 Å². The molecule has 2 heteroatoms. The fourth-order valence-corrected chi connectivity index (χ4v) is 0.728. The Labute approximate surface area is 69.2 Å². The van der Waals surface area contributed by atoms with Crippen LogP contribution in [0.3, 0.4) is 0 Å². The zero-order valence-corrected chi connectivity index (χ0v) is 8.18. The van der Waals surface area contributed by atoms with Crippen molar-refractivity contribution in [2.24, 2.45) is 10.8 Å². The molecule has 0 aliphatic heterocycles. The fourth-order valence-electron chi connectivity index (χ4n) is 0.728. The summed E-state index contributed by atoms with van der Waals surface area (Å²) in [5.74, 6) is 0. The van der Waals surface area contributed by atoms with Crippen molar-refractivity contribution in [3.8, 4) is 0 Å². The molecule has 2 nitrogen and oxygen atoms in total. The highest BCUT2D eigenvalue weighted by Gasteiger charge is 2.38. The molecule has 1 atom stereocenters. The van der Waals surface area contributed by atoms with Crippen molar-refractivity contribution < 1.29 is 10.2 Å². The van der Waals surface area contributed by atoms with E-state index in [1.54, 1.807) is 0 Å². The Kier molecular flexibility index (Phi) is 3.09. The van der Waals surface area contributed by atoms with Crippen LogP contribution in [-0.2, 0) is 0 Å². The van der Waals surface area contributed by atoms with Crippen LogP contribution < -0.4 is 0 Å². The average Bonchev–Trinajstić information content (AvgIpc) is 1.83. The summed E-state index contributed by atoms with van der Waals surface area (Å²) in [7, 11) is 0. The average molecular weight is 160 g/mol. The van der Waals surface area contributed by atoms with Crippen LogP contribution in [0.25, 0.3) is 0 Å². The molecule has 0 aromatic rings. The molecule has 11 heavy (non-hydrogen) atoms. The minimum absolute atomic E-state index is 0.00907. The maximum absolute atomic E-state index is 9.47. The SMILES string of the molecule is CC(C)(C)C(C)(C)C(O)CO. The molecule has 0 radical (unpaired) electrons. The van der Waals surface area contributed by atoms with Crippen molar-refractivity contribution in [1.29, 1.82) is 0 Å². The lowest BCUT2D eigenvalue weighted by molar-refractivity contribution is -0.0554. The normalized spacial score (nSPS) is 16.6. The van der Waals surface area contributed by atoms with Gasteiger partial charge in [-0.1, -0.05) is 34.6 Å². The standard InChI is InChI=1S/C9H20O2/c1-8(2,3)9(4,5)7(11)6-10/h7,10-11H,6H2,1-5H3. The summed E-state index contributed by atoms with van der Waals surface area (Å²) in [5, 5.41) is 18.3. The molecule has 0 bridgehead atoms. The van der Waals surface area contributed by atoms with Crippen LogP contribution in [0.4, 0.5) is 0 Å². The van der Waals surface area contributed by atoms with Crippen molar-refractivity contribution in [1.82, 2.24) is 0 Å². The highest BCUT2D eigenvalue weighted by Crippen LogP contribution is 2.40. The van der Waals surface area contributed by atoms with Crippen LogP contribution in [0.5, 0.6) is 0 Å². The Balaban J connectivity index is 4.45. The van der Waals surface area contributed by atoms with E-state index in [-0.39, 0.29) is 17.4 Å². The van der Waals surface area contributed by atoms with Gasteiger partial charge in [0.1, 0.15) is 0 Å². The minimum atomic E-state index is -0.637. The summed E-state index contributed by atoms with van der Waals surface area (Å²) in [6.07, 6.45) is -0.637. The molecule has 0 spiro atoms. The van der Waals surface area contributed by atoms with Crippen LogP contribution in [0, 0.1) is 10.8 Å². The zero-order valence-electron chi connectivity index (χ0n) is 8.18. The largest absolute Gasteiger partial charge is 0.394 e. The summed E-state index contributed by atoms with van der Waals surface area (Å²) in [4.78, 5) is 0. The van der Waals surface area contributed by atoms with Gasteiger partial charge in [-0.05, 0) is 10.8 Å². The van der Waals surface area contributed by atoms with Gasteiger partial charge in [-0.15, -0.1) is 0 Å². The second kappa shape index (κ2) is 3.11. The van der Waals surface area contributed by atoms with Crippen LogP contribution in [0.1, 0.15) is 34.6 Å². The number of hydrogen-bond acceptors (Lipinski definition) is 2. The Bertz CT molecular complexity index is 122. The zero-order chi connectivity index (χ0) is 9.28. The van der Waals surface area contributed by atoms with Gasteiger partial charge in [-0.25, -0.2) is 0 Å². The third-order valence-corrected chi connectivity index (χ3v) is 2.94. The third kappa shape index (κ3) is 2.17. The van der Waals surface area contributed by atoms with Crippen molar-refractivity contribution in [3.63, 3.8) is 0 Å². The third-order valence-electron chi connectivity index (χ3n) is 2.94. The predicted molar refractivity (Wildman–Crippen MR) is 46.3 cm³/mol. The van der Waals surface area contributed by atoms with Gasteiger partial charge in [0.05, 0.1) is 12.7 Å². The summed E-state index contributed by atoms with van der Waals surface area (Å²) < 4.78 is 0. The highest BCUT2D eigenvalue weighted by molar-refractivity contribution is 4.87. The van der Waals surface area contributed by atoms with Gasteiger partial charge in [0.15, 0.2) is 0 Å². The van der Waals surface area contributed by atoms with Crippen molar-refractivity contribution in [3.05, 3.63) is 0 Å². The molecule has 0 aliphatic rings. The molecule has 0 fully saturated rings. The van der Waals surface area contributed by atoms with E-state index in [9.17, 15) is 5.11 Å². The van der Waals surface area contributed by atoms with E-state index in [1.807, 2.05) is 13.8 Å². The molecule has 2 N–H and O–H groups in total. The molecular weight excluding hydrogens is 140 g/mol. The van der Waals surface area contributed by atoms with E-state index in [0.717, 1.165) is 0 Å². The summed E-state index contributed by atoms with van der Waals surface area (Å²) in [5.41, 5.74) is -0.239. The number of rotatable bonds is 2. The van der Waals surface area contributed by atoms with E-state index >= 15 is 0 Å². The number of aliphatic hydroxyl groups excluding tert-OH is 2. The van der Waals surface area contributed by atoms with E-state index in [1.165, 1.54) is 0 Å². The van der Waals surface area contributed by atoms with Gasteiger partial charge < -0.3 is 10.2 Å². The van der Waals surface area contributed by atoms with Crippen molar-refractivity contribution >= 4 is 0 Å². The van der Waals surface area contributed by atoms with Crippen LogP contribution in [0.2, 0.25) is 0 Å². The lowest BCUT2D eigenvalue weighted by Gasteiger charge is -2.41. The van der Waals surface area contributed by atoms with Crippen molar-refractivity contribution in [2.45, 2.75) is 40.7 Å². The van der Waals surface area contributed by atoms with Crippen LogP contribution >= 0.6 is 0 Å². The lowest BCUT2D eigenvalue weighted by atomic mass is 9.66. The van der Waals surface area contributed by atoms with Crippen LogP contribution in [0.15, 0.2) is 0 Å². The Morgan fingerprint density at radius 3 is 1.55 bits per heavy atom. The molecule has 68 valence electrons. The first-order chi connectivity index (χ1) is 4.73. The van der Waals surface area contributed by atoms with E-state index in [0.29, 0.717) is 0 Å². The second-order valence-electron chi connectivity index (χ2n) is 4.67. The Morgan fingerprint density at radius 1 is 1.09 bits per heavy atom. The molecule has 1 unspecified atom stereocenters. The predicted octanol–water partition coefficient (Wildman–Crippen LogP) is 1.41. The topological polar surface area (TPSA) is 40.5 Å². The summed E-state index contributed by atoms with van der Waals surface area (Å²) in [6.45, 7) is 9.95. The Hall–Kier alpha value is -0.0800. The molecule has 0 heterocycles. The number of hydrogen-bond donors (Lipinski definition) is 2. The highest BCUT2D eigenvalue weighted by atomic mass is 16.3. The molecule has 0 rings (SSSR count). The summed E-state index contributed by atoms with van der Waals surface area (Å²) >= 11 is 0. The quantitative estimate of drug-likeness (QED) is 0.641. The lowest BCUT2D eigenvalue weighted by Crippen LogP contribution is -2.42. The van der Waals surface area contributed by atoms with Gasteiger partial charge >= 0.3 is 0 Å². The first kappa shape index (κ1) is 10.9. The first-order valence-corrected chi connectivity index (χ1v) is 4.02. The summed E-state index contributed by atoms with van der Waals surface area (Å²) in [6, 6.07) is 0. The van der Waals surface area contributed by atoms with Gasteiger partial charge in [0.25, 0.3) is 0 Å². The minimum Gasteiger partial charge on any atom is -0.394 e. The molecule has 0 aromatic heterocycles. The molecule has 0 amide bonds. The van der Waals surface area contributed by atoms with E-state index in [4.69, 9.17) is 5.11 Å². The van der Waals surface area contributed by atoms with Crippen LogP contribution in [-0.4, -0.2) is 22.9 Å². The van der Waals surface area contributed by atoms with E-state index < -0.39 is 6.10 Å². The van der Waals surface area contributed by atoms with Gasteiger partial charge in [-0.2, -0.15) is 0 Å². The smallest absolute Gasteiger partial charge is 0.0826 e. The first-order valence-electron chi connectivity index (χ1n) is 4.02. The molecule has 0 aliphatic carbocycles.